The lowest BCUT2D eigenvalue weighted by atomic mass is 10.3. The van der Waals surface area contributed by atoms with Crippen molar-refractivity contribution in [3.63, 3.8) is 0 Å². The van der Waals surface area contributed by atoms with Crippen LogP contribution in [0.1, 0.15) is 16.2 Å². The number of aromatic nitrogens is 3. The third kappa shape index (κ3) is 3.81. The second kappa shape index (κ2) is 6.86. The fourth-order valence-electron chi connectivity index (χ4n) is 1.86. The largest absolute Gasteiger partial charge is 0.360 e. The van der Waals surface area contributed by atoms with Crippen molar-refractivity contribution in [3.05, 3.63) is 57.9 Å². The van der Waals surface area contributed by atoms with E-state index in [1.807, 2.05) is 0 Å². The predicted molar refractivity (Wildman–Crippen MR) is 91.0 cm³/mol. The molecule has 0 fully saturated rings. The minimum absolute atomic E-state index is 0.132. The van der Waals surface area contributed by atoms with Gasteiger partial charge in [0.1, 0.15) is 5.76 Å². The number of nitrogens with zero attached hydrogens (tertiary/aromatic N) is 3. The number of nitrogens with one attached hydrogen (secondary N) is 2. The Morgan fingerprint density at radius 2 is 1.92 bits per heavy atom. The van der Waals surface area contributed by atoms with Crippen molar-refractivity contribution < 1.29 is 9.32 Å². The molecule has 2 aromatic heterocycles. The molecule has 0 aliphatic carbocycles. The Hall–Kier alpha value is -2.64. The van der Waals surface area contributed by atoms with Crippen LogP contribution in [0.5, 0.6) is 0 Å². The van der Waals surface area contributed by atoms with Gasteiger partial charge in [0.25, 0.3) is 5.91 Å². The summed E-state index contributed by atoms with van der Waals surface area (Å²) < 4.78 is 4.94. The molecule has 0 aliphatic rings. The number of aryl methyl sites for hydroxylation is 1. The van der Waals surface area contributed by atoms with Gasteiger partial charge in [0, 0.05) is 11.1 Å². The molecule has 9 heteroatoms. The van der Waals surface area contributed by atoms with Crippen LogP contribution in [0.15, 0.2) is 40.9 Å². The van der Waals surface area contributed by atoms with E-state index in [2.05, 4.69) is 26.0 Å². The zero-order valence-electron chi connectivity index (χ0n) is 12.4. The molecular formula is C15H11Cl2N5O2. The number of carbonyl (C=O) groups is 1. The summed E-state index contributed by atoms with van der Waals surface area (Å²) in [4.78, 5) is 12.2. The summed E-state index contributed by atoms with van der Waals surface area (Å²) in [7, 11) is 0. The molecule has 1 aromatic carbocycles. The maximum Gasteiger partial charge on any atom is 0.276 e. The van der Waals surface area contributed by atoms with Crippen LogP contribution in [0, 0.1) is 6.92 Å². The zero-order chi connectivity index (χ0) is 17.1. The first-order valence-electron chi connectivity index (χ1n) is 6.82. The van der Waals surface area contributed by atoms with Crippen LogP contribution in [0.4, 0.5) is 17.3 Å². The molecule has 0 bridgehead atoms. The van der Waals surface area contributed by atoms with Crippen molar-refractivity contribution in [2.24, 2.45) is 0 Å². The van der Waals surface area contributed by atoms with Crippen LogP contribution in [0.2, 0.25) is 10.0 Å². The third-order valence-corrected chi connectivity index (χ3v) is 3.52. The van der Waals surface area contributed by atoms with Gasteiger partial charge in [-0.15, -0.1) is 10.2 Å². The average molecular weight is 364 g/mol. The summed E-state index contributed by atoms with van der Waals surface area (Å²) >= 11 is 11.9. The molecule has 0 aliphatic heterocycles. The van der Waals surface area contributed by atoms with E-state index >= 15 is 0 Å². The lowest BCUT2D eigenvalue weighted by Gasteiger charge is -2.07. The summed E-state index contributed by atoms with van der Waals surface area (Å²) in [6.07, 6.45) is 0. The minimum Gasteiger partial charge on any atom is -0.360 e. The topological polar surface area (TPSA) is 92.9 Å². The Balaban J connectivity index is 1.70. The third-order valence-electron chi connectivity index (χ3n) is 2.96. The van der Waals surface area contributed by atoms with E-state index in [0.29, 0.717) is 33.1 Å². The number of amides is 1. The van der Waals surface area contributed by atoms with Crippen LogP contribution < -0.4 is 10.6 Å². The first-order chi connectivity index (χ1) is 11.5. The second-order valence-electron chi connectivity index (χ2n) is 4.83. The molecule has 122 valence electrons. The molecular weight excluding hydrogens is 353 g/mol. The van der Waals surface area contributed by atoms with Crippen LogP contribution in [0.25, 0.3) is 0 Å². The summed E-state index contributed by atoms with van der Waals surface area (Å²) in [6.45, 7) is 1.78. The van der Waals surface area contributed by atoms with Crippen molar-refractivity contribution in [1.82, 2.24) is 15.4 Å². The van der Waals surface area contributed by atoms with Gasteiger partial charge in [0.05, 0.1) is 10.7 Å². The molecule has 1 amide bonds. The minimum atomic E-state index is -0.449. The highest BCUT2D eigenvalue weighted by Crippen LogP contribution is 2.25. The molecule has 7 nitrogen and oxygen atoms in total. The molecule has 24 heavy (non-hydrogen) atoms. The standard InChI is InChI=1S/C15H11Cl2N5O2/c1-8-6-14(22-24-8)19-13-5-4-11(20-21-13)15(23)18-12-7-9(16)2-3-10(12)17/h2-7H,1H3,(H,18,23)(H,19,21,22). The molecule has 3 aromatic rings. The monoisotopic (exact) mass is 363 g/mol. The van der Waals surface area contributed by atoms with Gasteiger partial charge in [0.15, 0.2) is 17.3 Å². The van der Waals surface area contributed by atoms with E-state index in [0.717, 1.165) is 0 Å². The summed E-state index contributed by atoms with van der Waals surface area (Å²) in [5.74, 6) is 1.15. The lowest BCUT2D eigenvalue weighted by Crippen LogP contribution is -2.15. The van der Waals surface area contributed by atoms with Crippen LogP contribution >= 0.6 is 23.2 Å². The fraction of sp³-hybridized carbons (Fsp3) is 0.0667. The molecule has 2 N–H and O–H groups in total. The van der Waals surface area contributed by atoms with Crippen LogP contribution in [-0.4, -0.2) is 21.3 Å². The van der Waals surface area contributed by atoms with E-state index in [-0.39, 0.29) is 5.69 Å². The molecule has 2 heterocycles. The number of halogens is 2. The molecule has 0 saturated carbocycles. The predicted octanol–water partition coefficient (Wildman–Crippen LogP) is 4.08. The average Bonchev–Trinajstić information content (AvgIpc) is 2.96. The van der Waals surface area contributed by atoms with Gasteiger partial charge in [-0.05, 0) is 37.3 Å². The normalized spacial score (nSPS) is 10.5. The number of anilines is 3. The molecule has 0 atom stereocenters. The molecule has 0 spiro atoms. The SMILES string of the molecule is Cc1cc(Nc2ccc(C(=O)Nc3cc(Cl)ccc3Cl)nn2)no1. The number of carbonyl (C=O) groups excluding carboxylic acids is 1. The highest BCUT2D eigenvalue weighted by molar-refractivity contribution is 6.35. The molecule has 0 unspecified atom stereocenters. The first-order valence-corrected chi connectivity index (χ1v) is 7.57. The Morgan fingerprint density at radius 3 is 2.58 bits per heavy atom. The van der Waals surface area contributed by atoms with Crippen molar-refractivity contribution in [2.75, 3.05) is 10.6 Å². The first kappa shape index (κ1) is 16.2. The fourth-order valence-corrected chi connectivity index (χ4v) is 2.19. The van der Waals surface area contributed by atoms with Gasteiger partial charge in [-0.3, -0.25) is 4.79 Å². The van der Waals surface area contributed by atoms with Crippen molar-refractivity contribution in [2.45, 2.75) is 6.92 Å². The molecule has 0 radical (unpaired) electrons. The number of hydrogen-bond donors (Lipinski definition) is 2. The summed E-state index contributed by atoms with van der Waals surface area (Å²) in [5.41, 5.74) is 0.532. The van der Waals surface area contributed by atoms with Crippen LogP contribution in [-0.2, 0) is 0 Å². The van der Waals surface area contributed by atoms with Gasteiger partial charge in [-0.1, -0.05) is 28.4 Å². The number of hydrogen-bond acceptors (Lipinski definition) is 6. The van der Waals surface area contributed by atoms with Gasteiger partial charge >= 0.3 is 0 Å². The van der Waals surface area contributed by atoms with Crippen molar-refractivity contribution >= 4 is 46.4 Å². The lowest BCUT2D eigenvalue weighted by molar-refractivity contribution is 0.102. The van der Waals surface area contributed by atoms with Gasteiger partial charge in [-0.2, -0.15) is 0 Å². The molecule has 3 rings (SSSR count). The molecule has 0 saturated heterocycles. The Morgan fingerprint density at radius 1 is 1.08 bits per heavy atom. The van der Waals surface area contributed by atoms with Crippen molar-refractivity contribution in [1.29, 1.82) is 0 Å². The van der Waals surface area contributed by atoms with E-state index < -0.39 is 5.91 Å². The summed E-state index contributed by atoms with van der Waals surface area (Å²) in [6, 6.07) is 9.62. The number of benzene rings is 1. The smallest absolute Gasteiger partial charge is 0.276 e. The van der Waals surface area contributed by atoms with Crippen molar-refractivity contribution in [3.8, 4) is 0 Å². The quantitative estimate of drug-likeness (QED) is 0.725. The Labute approximate surface area is 147 Å². The maximum atomic E-state index is 12.2. The van der Waals surface area contributed by atoms with E-state index in [1.165, 1.54) is 6.07 Å². The Kier molecular flexibility index (Phi) is 4.64. The number of rotatable bonds is 4. The highest BCUT2D eigenvalue weighted by Gasteiger charge is 2.11. The van der Waals surface area contributed by atoms with Crippen LogP contribution in [0.3, 0.4) is 0 Å². The second-order valence-corrected chi connectivity index (χ2v) is 5.67. The van der Waals surface area contributed by atoms with Gasteiger partial charge in [0.2, 0.25) is 0 Å². The van der Waals surface area contributed by atoms with Gasteiger partial charge < -0.3 is 15.2 Å². The van der Waals surface area contributed by atoms with E-state index in [4.69, 9.17) is 27.7 Å². The van der Waals surface area contributed by atoms with E-state index in [1.54, 1.807) is 37.3 Å². The van der Waals surface area contributed by atoms with Gasteiger partial charge in [-0.25, -0.2) is 0 Å². The highest BCUT2D eigenvalue weighted by atomic mass is 35.5. The zero-order valence-corrected chi connectivity index (χ0v) is 13.9. The Bertz CT molecular complexity index is 880. The summed E-state index contributed by atoms with van der Waals surface area (Å²) in [5, 5.41) is 18.0. The maximum absolute atomic E-state index is 12.2. The van der Waals surface area contributed by atoms with E-state index in [9.17, 15) is 4.79 Å².